The Labute approximate surface area is 246 Å². The predicted molar refractivity (Wildman–Crippen MR) is 181 cm³/mol. The van der Waals surface area contributed by atoms with Crippen molar-refractivity contribution in [3.8, 4) is 44.5 Å². The molecule has 8 aromatic rings. The van der Waals surface area contributed by atoms with Gasteiger partial charge in [-0.1, -0.05) is 164 Å². The summed E-state index contributed by atoms with van der Waals surface area (Å²) in [4.78, 5) is 0. The molecule has 8 aromatic carbocycles. The summed E-state index contributed by atoms with van der Waals surface area (Å²) >= 11 is 0. The Morgan fingerprint density at radius 2 is 0.714 bits per heavy atom. The lowest BCUT2D eigenvalue weighted by atomic mass is 9.83. The summed E-state index contributed by atoms with van der Waals surface area (Å²) in [5.74, 6) is 0. The van der Waals surface area contributed by atoms with Gasteiger partial charge in [0, 0.05) is 0 Å². The second-order valence-corrected chi connectivity index (χ2v) is 10.9. The first-order chi connectivity index (χ1) is 20.9. The molecule has 0 radical (unpaired) electrons. The number of hydrogen-bond donors (Lipinski definition) is 0. The van der Waals surface area contributed by atoms with E-state index in [0.717, 1.165) is 0 Å². The minimum atomic E-state index is 1.22. The summed E-state index contributed by atoms with van der Waals surface area (Å²) in [7, 11) is 0. The first-order valence-electron chi connectivity index (χ1n) is 14.5. The molecule has 0 spiro atoms. The summed E-state index contributed by atoms with van der Waals surface area (Å²) in [5.41, 5.74) is 9.99. The van der Waals surface area contributed by atoms with Crippen LogP contribution in [0.5, 0.6) is 0 Å². The molecule has 0 saturated heterocycles. The summed E-state index contributed by atoms with van der Waals surface area (Å²) in [5, 5.41) is 7.64. The van der Waals surface area contributed by atoms with E-state index in [0.29, 0.717) is 0 Å². The number of benzene rings is 8. The van der Waals surface area contributed by atoms with Gasteiger partial charge in [0.05, 0.1) is 0 Å². The highest BCUT2D eigenvalue weighted by Gasteiger charge is 2.19. The van der Waals surface area contributed by atoms with Crippen molar-refractivity contribution >= 4 is 32.3 Å². The third-order valence-corrected chi connectivity index (χ3v) is 8.45. The van der Waals surface area contributed by atoms with Crippen molar-refractivity contribution in [1.82, 2.24) is 0 Å². The van der Waals surface area contributed by atoms with Crippen molar-refractivity contribution in [2.45, 2.75) is 0 Å². The largest absolute Gasteiger partial charge is 0.0622 e. The normalized spacial score (nSPS) is 11.3. The van der Waals surface area contributed by atoms with Crippen molar-refractivity contribution in [3.63, 3.8) is 0 Å². The molecule has 0 aliphatic carbocycles. The Morgan fingerprint density at radius 3 is 1.45 bits per heavy atom. The molecule has 0 atom stereocenters. The summed E-state index contributed by atoms with van der Waals surface area (Å²) in [6.07, 6.45) is 0. The minimum absolute atomic E-state index is 1.22. The van der Waals surface area contributed by atoms with E-state index in [9.17, 15) is 0 Å². The lowest BCUT2D eigenvalue weighted by molar-refractivity contribution is 1.61. The molecule has 0 nitrogen and oxygen atoms in total. The van der Waals surface area contributed by atoms with Crippen LogP contribution < -0.4 is 0 Å². The van der Waals surface area contributed by atoms with Crippen LogP contribution in [0.4, 0.5) is 0 Å². The van der Waals surface area contributed by atoms with Crippen LogP contribution in [0.2, 0.25) is 0 Å². The quantitative estimate of drug-likeness (QED) is 0.198. The SMILES string of the molecule is c1ccc(-c2c3ccccc3c(-c3ccccc3)c3c(-c4cccc(-c5cccc6ccccc56)c4)cccc23)cc1. The fourth-order valence-electron chi connectivity index (χ4n) is 6.62. The van der Waals surface area contributed by atoms with Crippen molar-refractivity contribution < 1.29 is 0 Å². The van der Waals surface area contributed by atoms with E-state index >= 15 is 0 Å². The highest BCUT2D eigenvalue weighted by molar-refractivity contribution is 6.24. The Hall–Kier alpha value is -5.46. The number of hydrogen-bond acceptors (Lipinski definition) is 0. The minimum Gasteiger partial charge on any atom is -0.0622 e. The third kappa shape index (κ3) is 4.00. The zero-order valence-corrected chi connectivity index (χ0v) is 23.2. The van der Waals surface area contributed by atoms with Crippen LogP contribution in [-0.2, 0) is 0 Å². The molecule has 0 aromatic heterocycles. The Bertz CT molecular complexity index is 2220. The topological polar surface area (TPSA) is 0 Å². The Kier molecular flexibility index (Phi) is 5.90. The average molecular weight is 533 g/mol. The first kappa shape index (κ1) is 24.3. The molecule has 0 bridgehead atoms. The van der Waals surface area contributed by atoms with Crippen LogP contribution in [0.3, 0.4) is 0 Å². The van der Waals surface area contributed by atoms with Gasteiger partial charge in [0.15, 0.2) is 0 Å². The van der Waals surface area contributed by atoms with Crippen LogP contribution in [0.15, 0.2) is 170 Å². The highest BCUT2D eigenvalue weighted by Crippen LogP contribution is 2.47. The standard InChI is InChI=1S/C42H28/c1-3-15-30(16-4-1)40-37-23-9-10-24-38(37)41(31-17-5-2-6-18-31)42-36(26-13-27-39(40)42)33-21-11-20-32(28-33)35-25-12-19-29-14-7-8-22-34(29)35/h1-28H. The van der Waals surface area contributed by atoms with Gasteiger partial charge in [-0.2, -0.15) is 0 Å². The van der Waals surface area contributed by atoms with E-state index in [-0.39, 0.29) is 0 Å². The van der Waals surface area contributed by atoms with E-state index in [1.54, 1.807) is 0 Å². The van der Waals surface area contributed by atoms with Crippen LogP contribution in [0.25, 0.3) is 76.8 Å². The molecule has 0 amide bonds. The Balaban J connectivity index is 1.48. The fourth-order valence-corrected chi connectivity index (χ4v) is 6.62. The lowest BCUT2D eigenvalue weighted by Gasteiger charge is -2.20. The van der Waals surface area contributed by atoms with Crippen LogP contribution >= 0.6 is 0 Å². The zero-order valence-electron chi connectivity index (χ0n) is 23.2. The molecule has 0 heteroatoms. The maximum atomic E-state index is 2.36. The van der Waals surface area contributed by atoms with Gasteiger partial charge in [0.25, 0.3) is 0 Å². The molecule has 0 aliphatic heterocycles. The van der Waals surface area contributed by atoms with Gasteiger partial charge in [0.1, 0.15) is 0 Å². The molecule has 0 heterocycles. The second kappa shape index (κ2) is 10.2. The molecule has 0 saturated carbocycles. The predicted octanol–water partition coefficient (Wildman–Crippen LogP) is 11.8. The van der Waals surface area contributed by atoms with Crippen molar-refractivity contribution in [3.05, 3.63) is 170 Å². The van der Waals surface area contributed by atoms with Gasteiger partial charge in [-0.15, -0.1) is 0 Å². The number of rotatable bonds is 4. The first-order valence-corrected chi connectivity index (χ1v) is 14.5. The van der Waals surface area contributed by atoms with E-state index in [2.05, 4.69) is 170 Å². The Morgan fingerprint density at radius 1 is 0.262 bits per heavy atom. The zero-order chi connectivity index (χ0) is 27.9. The third-order valence-electron chi connectivity index (χ3n) is 8.45. The van der Waals surface area contributed by atoms with Gasteiger partial charge in [0.2, 0.25) is 0 Å². The molecule has 8 rings (SSSR count). The average Bonchev–Trinajstić information content (AvgIpc) is 3.07. The van der Waals surface area contributed by atoms with E-state index in [1.165, 1.54) is 76.8 Å². The molecular formula is C42H28. The molecule has 42 heavy (non-hydrogen) atoms. The van der Waals surface area contributed by atoms with Crippen molar-refractivity contribution in [2.75, 3.05) is 0 Å². The van der Waals surface area contributed by atoms with Gasteiger partial charge in [-0.3, -0.25) is 0 Å². The smallest absolute Gasteiger partial charge is 0.00141 e. The summed E-state index contributed by atoms with van der Waals surface area (Å²) in [6.45, 7) is 0. The summed E-state index contributed by atoms with van der Waals surface area (Å²) in [6, 6.07) is 61.7. The van der Waals surface area contributed by atoms with E-state index < -0.39 is 0 Å². The van der Waals surface area contributed by atoms with Crippen LogP contribution in [-0.4, -0.2) is 0 Å². The molecular weight excluding hydrogens is 504 g/mol. The monoisotopic (exact) mass is 532 g/mol. The molecule has 0 aliphatic rings. The maximum absolute atomic E-state index is 2.36. The van der Waals surface area contributed by atoms with E-state index in [1.807, 2.05) is 0 Å². The van der Waals surface area contributed by atoms with Gasteiger partial charge >= 0.3 is 0 Å². The van der Waals surface area contributed by atoms with Crippen LogP contribution in [0, 0.1) is 0 Å². The lowest BCUT2D eigenvalue weighted by Crippen LogP contribution is -1.93. The molecule has 0 fully saturated rings. The molecule has 196 valence electrons. The van der Waals surface area contributed by atoms with Crippen LogP contribution in [0.1, 0.15) is 0 Å². The molecule has 0 N–H and O–H groups in total. The van der Waals surface area contributed by atoms with Gasteiger partial charge in [-0.25, -0.2) is 0 Å². The fraction of sp³-hybridized carbons (Fsp3) is 0. The van der Waals surface area contributed by atoms with Crippen molar-refractivity contribution in [2.24, 2.45) is 0 Å². The highest BCUT2D eigenvalue weighted by atomic mass is 14.2. The van der Waals surface area contributed by atoms with E-state index in [4.69, 9.17) is 0 Å². The molecule has 0 unspecified atom stereocenters. The second-order valence-electron chi connectivity index (χ2n) is 10.9. The van der Waals surface area contributed by atoms with Gasteiger partial charge in [-0.05, 0) is 82.9 Å². The maximum Gasteiger partial charge on any atom is -0.00141 e. The number of fused-ring (bicyclic) bond motifs is 3. The van der Waals surface area contributed by atoms with Gasteiger partial charge < -0.3 is 0 Å². The summed E-state index contributed by atoms with van der Waals surface area (Å²) < 4.78 is 0. The van der Waals surface area contributed by atoms with Crippen molar-refractivity contribution in [1.29, 1.82) is 0 Å².